The Kier molecular flexibility index (Phi) is 4.53. The van der Waals surface area contributed by atoms with E-state index in [4.69, 9.17) is 4.52 Å². The smallest absolute Gasteiger partial charge is 0.256 e. The highest BCUT2D eigenvalue weighted by Gasteiger charge is 2.31. The third-order valence-corrected chi connectivity index (χ3v) is 6.21. The van der Waals surface area contributed by atoms with Crippen molar-refractivity contribution in [2.24, 2.45) is 0 Å². The second kappa shape index (κ2) is 7.26. The molecule has 0 bridgehead atoms. The first-order valence-corrected chi connectivity index (χ1v) is 10.4. The molecule has 0 spiro atoms. The first-order chi connectivity index (χ1) is 14.9. The van der Waals surface area contributed by atoms with Crippen molar-refractivity contribution in [2.75, 3.05) is 23.3 Å². The maximum atomic E-state index is 13.4. The van der Waals surface area contributed by atoms with Crippen LogP contribution in [0.25, 0.3) is 0 Å². The van der Waals surface area contributed by atoms with Gasteiger partial charge in [-0.15, -0.1) is 0 Å². The molecular weight excluding hydrogens is 396 g/mol. The predicted octanol–water partition coefficient (Wildman–Crippen LogP) is 2.66. The maximum absolute atomic E-state index is 13.4. The second-order valence-corrected chi connectivity index (χ2v) is 8.03. The lowest BCUT2D eigenvalue weighted by atomic mass is 10.1. The molecule has 0 aromatic carbocycles. The zero-order valence-electron chi connectivity index (χ0n) is 17.8. The normalized spacial score (nSPS) is 17.9. The lowest BCUT2D eigenvalue weighted by Gasteiger charge is -2.35. The number of fused-ring (bicyclic) bond motifs is 2. The number of nitrogens with zero attached hydrogens (tertiary/aromatic N) is 5. The molecule has 0 aliphatic carbocycles. The van der Waals surface area contributed by atoms with Gasteiger partial charge in [0.05, 0.1) is 36.1 Å². The Bertz CT molecular complexity index is 1160. The zero-order chi connectivity index (χ0) is 21.7. The maximum Gasteiger partial charge on any atom is 0.256 e. The molecule has 9 heteroatoms. The summed E-state index contributed by atoms with van der Waals surface area (Å²) in [6, 6.07) is 5.77. The first-order valence-electron chi connectivity index (χ1n) is 10.4. The number of hydrogen-bond acceptors (Lipinski definition) is 6. The molecule has 1 unspecified atom stereocenters. The third-order valence-electron chi connectivity index (χ3n) is 6.21. The van der Waals surface area contributed by atoms with Gasteiger partial charge in [-0.3, -0.25) is 9.59 Å². The molecule has 0 saturated heterocycles. The van der Waals surface area contributed by atoms with Crippen molar-refractivity contribution in [2.45, 2.75) is 39.9 Å². The Morgan fingerprint density at radius 3 is 2.94 bits per heavy atom. The minimum Gasteiger partial charge on any atom is -0.361 e. The van der Waals surface area contributed by atoms with Gasteiger partial charge in [0, 0.05) is 36.7 Å². The van der Waals surface area contributed by atoms with Crippen molar-refractivity contribution < 1.29 is 14.1 Å². The van der Waals surface area contributed by atoms with Crippen LogP contribution in [-0.2, 0) is 17.9 Å². The molecule has 0 fully saturated rings. The number of anilines is 2. The summed E-state index contributed by atoms with van der Waals surface area (Å²) in [6.07, 6.45) is 3.62. The highest BCUT2D eigenvalue weighted by molar-refractivity contribution is 6.04. The molecule has 2 aliphatic rings. The summed E-state index contributed by atoms with van der Waals surface area (Å²) in [5, 5.41) is 7.03. The Hall–Kier alpha value is -3.62. The molecule has 3 aromatic heterocycles. The molecule has 2 aliphatic heterocycles. The van der Waals surface area contributed by atoms with Crippen LogP contribution in [0, 0.1) is 13.8 Å². The number of amides is 2. The van der Waals surface area contributed by atoms with E-state index >= 15 is 0 Å². The summed E-state index contributed by atoms with van der Waals surface area (Å²) < 4.78 is 7.43. The Labute approximate surface area is 179 Å². The molecule has 0 radical (unpaired) electrons. The molecule has 5 heterocycles. The van der Waals surface area contributed by atoms with Crippen LogP contribution in [0.5, 0.6) is 0 Å². The van der Waals surface area contributed by atoms with Crippen molar-refractivity contribution in [3.05, 3.63) is 58.9 Å². The topological polar surface area (TPSA) is 96.5 Å². The van der Waals surface area contributed by atoms with Gasteiger partial charge < -0.3 is 24.2 Å². The van der Waals surface area contributed by atoms with Gasteiger partial charge in [-0.25, -0.2) is 4.98 Å². The van der Waals surface area contributed by atoms with Crippen molar-refractivity contribution in [3.63, 3.8) is 0 Å². The molecule has 31 heavy (non-hydrogen) atoms. The van der Waals surface area contributed by atoms with E-state index in [9.17, 15) is 9.59 Å². The monoisotopic (exact) mass is 420 g/mol. The van der Waals surface area contributed by atoms with E-state index in [1.54, 1.807) is 17.2 Å². The summed E-state index contributed by atoms with van der Waals surface area (Å²) in [4.78, 5) is 34.1. The lowest BCUT2D eigenvalue weighted by molar-refractivity contribution is -0.117. The summed E-state index contributed by atoms with van der Waals surface area (Å²) in [7, 11) is 0. The average molecular weight is 420 g/mol. The van der Waals surface area contributed by atoms with Crippen LogP contribution in [-0.4, -0.2) is 44.5 Å². The van der Waals surface area contributed by atoms with E-state index in [-0.39, 0.29) is 24.4 Å². The summed E-state index contributed by atoms with van der Waals surface area (Å²) in [5.41, 5.74) is 3.78. The number of aryl methyl sites for hydroxylation is 2. The third kappa shape index (κ3) is 3.17. The fraction of sp³-hybridized carbons (Fsp3) is 0.364. The SMILES string of the molecule is Cc1noc(C)c1CN1C(=O)CNc2ncc(C(=O)N3CCn4cccc4C3C)cc21. The van der Waals surface area contributed by atoms with Crippen LogP contribution in [0.3, 0.4) is 0 Å². The van der Waals surface area contributed by atoms with Crippen LogP contribution < -0.4 is 10.2 Å². The van der Waals surface area contributed by atoms with E-state index < -0.39 is 0 Å². The van der Waals surface area contributed by atoms with Crippen molar-refractivity contribution in [1.82, 2.24) is 19.6 Å². The number of rotatable bonds is 3. The van der Waals surface area contributed by atoms with E-state index in [1.807, 2.05) is 44.0 Å². The lowest BCUT2D eigenvalue weighted by Crippen LogP contribution is -2.42. The molecule has 160 valence electrons. The Morgan fingerprint density at radius 1 is 1.32 bits per heavy atom. The number of pyridine rings is 1. The fourth-order valence-electron chi connectivity index (χ4n) is 4.38. The van der Waals surface area contributed by atoms with Gasteiger partial charge in [0.1, 0.15) is 5.76 Å². The van der Waals surface area contributed by atoms with Gasteiger partial charge in [0.15, 0.2) is 5.82 Å². The Morgan fingerprint density at radius 2 is 2.16 bits per heavy atom. The molecule has 3 aromatic rings. The first kappa shape index (κ1) is 19.3. The second-order valence-electron chi connectivity index (χ2n) is 8.03. The number of nitrogens with one attached hydrogen (secondary N) is 1. The molecular formula is C22H24N6O3. The van der Waals surface area contributed by atoms with Gasteiger partial charge in [-0.2, -0.15) is 0 Å². The van der Waals surface area contributed by atoms with E-state index in [2.05, 4.69) is 20.0 Å². The van der Waals surface area contributed by atoms with E-state index in [0.29, 0.717) is 35.9 Å². The van der Waals surface area contributed by atoms with Crippen LogP contribution in [0.15, 0.2) is 35.1 Å². The molecule has 1 atom stereocenters. The average Bonchev–Trinajstić information content (AvgIpc) is 3.37. The Balaban J connectivity index is 1.47. The van der Waals surface area contributed by atoms with Crippen molar-refractivity contribution in [3.8, 4) is 0 Å². The van der Waals surface area contributed by atoms with E-state index in [0.717, 1.165) is 23.5 Å². The fourth-order valence-corrected chi connectivity index (χ4v) is 4.38. The largest absolute Gasteiger partial charge is 0.361 e. The highest BCUT2D eigenvalue weighted by atomic mass is 16.5. The van der Waals surface area contributed by atoms with Crippen LogP contribution in [0.1, 0.15) is 46.0 Å². The van der Waals surface area contributed by atoms with Crippen molar-refractivity contribution in [1.29, 1.82) is 0 Å². The van der Waals surface area contributed by atoms with E-state index in [1.165, 1.54) is 0 Å². The standard InChI is InChI=1S/C22H24N6O3/c1-13-17(15(3)31-25-13)12-28-19-9-16(10-23-21(19)24-11-20(28)29)22(30)27-8-7-26-6-4-5-18(26)14(27)2/h4-6,9-10,14H,7-8,11-12H2,1-3H3,(H,23,24). The van der Waals surface area contributed by atoms with Crippen LogP contribution in [0.2, 0.25) is 0 Å². The molecule has 2 amide bonds. The molecule has 1 N–H and O–H groups in total. The van der Waals surface area contributed by atoms with Gasteiger partial charge in [-0.1, -0.05) is 5.16 Å². The number of carbonyl (C=O) groups is 2. The summed E-state index contributed by atoms with van der Waals surface area (Å²) in [5.74, 6) is 1.08. The van der Waals surface area contributed by atoms with Gasteiger partial charge in [0.2, 0.25) is 5.91 Å². The highest BCUT2D eigenvalue weighted by Crippen LogP contribution is 2.33. The summed E-state index contributed by atoms with van der Waals surface area (Å²) >= 11 is 0. The molecule has 5 rings (SSSR count). The predicted molar refractivity (Wildman–Crippen MR) is 114 cm³/mol. The minimum absolute atomic E-state index is 0.0366. The number of carbonyl (C=O) groups excluding carboxylic acids is 2. The molecule has 0 saturated carbocycles. The van der Waals surface area contributed by atoms with Crippen LogP contribution >= 0.6 is 0 Å². The van der Waals surface area contributed by atoms with Crippen molar-refractivity contribution >= 4 is 23.3 Å². The van der Waals surface area contributed by atoms with Gasteiger partial charge >= 0.3 is 0 Å². The minimum atomic E-state index is -0.0944. The number of hydrogen-bond donors (Lipinski definition) is 1. The van der Waals surface area contributed by atoms with Gasteiger partial charge in [0.25, 0.3) is 5.91 Å². The summed E-state index contributed by atoms with van der Waals surface area (Å²) in [6.45, 7) is 7.57. The van der Waals surface area contributed by atoms with Crippen LogP contribution in [0.4, 0.5) is 11.5 Å². The van der Waals surface area contributed by atoms with Gasteiger partial charge in [-0.05, 0) is 39.0 Å². The zero-order valence-corrected chi connectivity index (χ0v) is 17.8. The molecule has 9 nitrogen and oxygen atoms in total. The number of aromatic nitrogens is 3. The quantitative estimate of drug-likeness (QED) is 0.700.